The molecule has 5 aromatic carbocycles. The molecule has 0 bridgehead atoms. The zero-order valence-electron chi connectivity index (χ0n) is 24.7. The smallest absolute Gasteiger partial charge is 0.341 e. The van der Waals surface area contributed by atoms with Crippen molar-refractivity contribution in [3.8, 4) is 17.1 Å². The molecule has 1 heterocycles. The van der Waals surface area contributed by atoms with E-state index in [1.54, 1.807) is 12.3 Å². The van der Waals surface area contributed by atoms with Gasteiger partial charge in [-0.05, 0) is 46.9 Å². The molecule has 8 heteroatoms. The molecule has 0 aliphatic carbocycles. The molecule has 2 N–H and O–H groups in total. The second-order valence-electron chi connectivity index (χ2n) is 10.3. The first kappa shape index (κ1) is 29.3. The molecule has 224 valence electrons. The first-order valence-electron chi connectivity index (χ1n) is 14.7. The molecule has 0 fully saturated rings. The van der Waals surface area contributed by atoms with Crippen LogP contribution in [-0.2, 0) is 11.3 Å². The first-order chi connectivity index (χ1) is 22.2. The SMILES string of the molecule is CCOc1nc2cccc(C(=O)OC(c3ccccc3)c3ccccc3)c2n1Cc1ccc(-c2ccccc2C=NNO)cc1. The van der Waals surface area contributed by atoms with Crippen molar-refractivity contribution in [3.05, 3.63) is 155 Å². The number of hydrazone groups is 1. The van der Waals surface area contributed by atoms with Crippen LogP contribution in [0.4, 0.5) is 0 Å². The van der Waals surface area contributed by atoms with Gasteiger partial charge in [-0.3, -0.25) is 9.77 Å². The number of hydrogen-bond donors (Lipinski definition) is 2. The monoisotopic (exact) mass is 596 g/mol. The van der Waals surface area contributed by atoms with Crippen LogP contribution in [0.1, 0.15) is 45.6 Å². The van der Waals surface area contributed by atoms with Crippen molar-refractivity contribution in [2.45, 2.75) is 19.6 Å². The number of hydrogen-bond acceptors (Lipinski definition) is 7. The van der Waals surface area contributed by atoms with E-state index >= 15 is 0 Å². The van der Waals surface area contributed by atoms with E-state index in [1.807, 2.05) is 138 Å². The summed E-state index contributed by atoms with van der Waals surface area (Å²) in [5.41, 5.74) is 9.11. The second kappa shape index (κ2) is 13.7. The minimum Gasteiger partial charge on any atom is -0.465 e. The fourth-order valence-corrected chi connectivity index (χ4v) is 5.41. The summed E-state index contributed by atoms with van der Waals surface area (Å²) in [6.45, 7) is 2.76. The molecule has 0 aliphatic heterocycles. The summed E-state index contributed by atoms with van der Waals surface area (Å²) in [4.78, 5) is 18.7. The highest BCUT2D eigenvalue weighted by Crippen LogP contribution is 2.31. The summed E-state index contributed by atoms with van der Waals surface area (Å²) in [7, 11) is 0. The number of carbonyl (C=O) groups excluding carboxylic acids is 1. The van der Waals surface area contributed by atoms with Crippen LogP contribution < -0.4 is 10.3 Å². The average molecular weight is 597 g/mol. The molecule has 6 rings (SSSR count). The molecule has 0 atom stereocenters. The zero-order valence-corrected chi connectivity index (χ0v) is 24.7. The molecule has 0 saturated carbocycles. The number of esters is 1. The van der Waals surface area contributed by atoms with E-state index in [-0.39, 0.29) is 0 Å². The van der Waals surface area contributed by atoms with Gasteiger partial charge in [0, 0.05) is 5.56 Å². The Morgan fingerprint density at radius 2 is 1.53 bits per heavy atom. The van der Waals surface area contributed by atoms with E-state index in [9.17, 15) is 4.79 Å². The Labute approximate surface area is 261 Å². The number of rotatable bonds is 11. The molecular formula is C37H32N4O4. The lowest BCUT2D eigenvalue weighted by Crippen LogP contribution is -2.15. The Morgan fingerprint density at radius 3 is 2.20 bits per heavy atom. The average Bonchev–Trinajstić information content (AvgIpc) is 3.44. The van der Waals surface area contributed by atoms with Gasteiger partial charge >= 0.3 is 5.97 Å². The summed E-state index contributed by atoms with van der Waals surface area (Å²) >= 11 is 0. The summed E-state index contributed by atoms with van der Waals surface area (Å²) in [6.07, 6.45) is 0.988. The molecule has 45 heavy (non-hydrogen) atoms. The predicted molar refractivity (Wildman–Crippen MR) is 175 cm³/mol. The van der Waals surface area contributed by atoms with Crippen LogP contribution in [0.25, 0.3) is 22.2 Å². The van der Waals surface area contributed by atoms with Crippen molar-refractivity contribution in [3.63, 3.8) is 0 Å². The third kappa shape index (κ3) is 6.46. The Bertz CT molecular complexity index is 1880. The van der Waals surface area contributed by atoms with Gasteiger partial charge in [-0.15, -0.1) is 0 Å². The van der Waals surface area contributed by atoms with Crippen LogP contribution in [-0.4, -0.2) is 33.5 Å². The molecule has 0 unspecified atom stereocenters. The Hall–Kier alpha value is -5.73. The minimum absolute atomic E-state index is 0.408. The fraction of sp³-hybridized carbons (Fsp3) is 0.108. The maximum absolute atomic E-state index is 14.0. The molecule has 0 aliphatic rings. The number of imidazole rings is 1. The van der Waals surface area contributed by atoms with Gasteiger partial charge in [0.25, 0.3) is 6.01 Å². The lowest BCUT2D eigenvalue weighted by Gasteiger charge is -2.19. The predicted octanol–water partition coefficient (Wildman–Crippen LogP) is 7.41. The number of carbonyl (C=O) groups is 1. The quantitative estimate of drug-likeness (QED) is 0.0918. The number of nitrogens with zero attached hydrogens (tertiary/aromatic N) is 3. The van der Waals surface area contributed by atoms with Gasteiger partial charge in [-0.2, -0.15) is 15.7 Å². The Morgan fingerprint density at radius 1 is 0.867 bits per heavy atom. The van der Waals surface area contributed by atoms with Crippen LogP contribution in [0.3, 0.4) is 0 Å². The number of fused-ring (bicyclic) bond motifs is 1. The molecule has 1 aromatic heterocycles. The first-order valence-corrected chi connectivity index (χ1v) is 14.7. The largest absolute Gasteiger partial charge is 0.465 e. The summed E-state index contributed by atoms with van der Waals surface area (Å²) in [5.74, 6) is -0.450. The summed E-state index contributed by atoms with van der Waals surface area (Å²) < 4.78 is 14.1. The number of ether oxygens (including phenoxy) is 2. The van der Waals surface area contributed by atoms with Crippen LogP contribution >= 0.6 is 0 Å². The van der Waals surface area contributed by atoms with Gasteiger partial charge in [-0.25, -0.2) is 4.79 Å². The van der Waals surface area contributed by atoms with E-state index in [1.165, 1.54) is 0 Å². The standard InChI is InChI=1S/C37H32N4O4/c1-2-44-37-39-33-19-11-18-32(36(42)45-35(28-12-5-3-6-13-28)29-14-7-4-8-15-29)34(33)41(37)25-26-20-22-27(23-21-26)31-17-10-9-16-30(31)24-38-40-43/h3-24,35,40,43H,2,25H2,1H3. The van der Waals surface area contributed by atoms with Crippen LogP contribution in [0.15, 0.2) is 132 Å². The van der Waals surface area contributed by atoms with Gasteiger partial charge in [0.2, 0.25) is 0 Å². The molecular weight excluding hydrogens is 564 g/mol. The molecule has 6 aromatic rings. The highest BCUT2D eigenvalue weighted by atomic mass is 16.5. The van der Waals surface area contributed by atoms with Gasteiger partial charge in [0.1, 0.15) is 0 Å². The second-order valence-corrected chi connectivity index (χ2v) is 10.3. The van der Waals surface area contributed by atoms with E-state index < -0.39 is 12.1 Å². The van der Waals surface area contributed by atoms with Crippen molar-refractivity contribution >= 4 is 23.2 Å². The topological polar surface area (TPSA) is 98.0 Å². The molecule has 0 saturated heterocycles. The highest BCUT2D eigenvalue weighted by molar-refractivity contribution is 6.02. The van der Waals surface area contributed by atoms with Gasteiger partial charge in [0.05, 0.1) is 36.0 Å². The normalized spacial score (nSPS) is 11.3. The molecule has 0 radical (unpaired) electrons. The highest BCUT2D eigenvalue weighted by Gasteiger charge is 2.24. The van der Waals surface area contributed by atoms with Crippen molar-refractivity contribution in [2.24, 2.45) is 5.10 Å². The maximum Gasteiger partial charge on any atom is 0.341 e. The van der Waals surface area contributed by atoms with E-state index in [2.05, 4.69) is 5.10 Å². The van der Waals surface area contributed by atoms with Crippen molar-refractivity contribution < 1.29 is 19.5 Å². The van der Waals surface area contributed by atoms with Crippen molar-refractivity contribution in [1.82, 2.24) is 15.1 Å². The van der Waals surface area contributed by atoms with Gasteiger partial charge < -0.3 is 9.47 Å². The number of aromatic nitrogens is 2. The number of nitrogens with one attached hydrogen (secondary N) is 1. The number of benzene rings is 5. The van der Waals surface area contributed by atoms with Crippen molar-refractivity contribution in [2.75, 3.05) is 6.61 Å². The third-order valence-corrected chi connectivity index (χ3v) is 7.48. The lowest BCUT2D eigenvalue weighted by atomic mass is 9.99. The Kier molecular flexibility index (Phi) is 8.94. The Balaban J connectivity index is 1.35. The van der Waals surface area contributed by atoms with Crippen LogP contribution in [0.2, 0.25) is 0 Å². The zero-order chi connectivity index (χ0) is 31.0. The molecule has 0 amide bonds. The third-order valence-electron chi connectivity index (χ3n) is 7.48. The maximum atomic E-state index is 14.0. The molecule has 0 spiro atoms. The van der Waals surface area contributed by atoms with Crippen LogP contribution in [0, 0.1) is 0 Å². The van der Waals surface area contributed by atoms with Gasteiger partial charge in [0.15, 0.2) is 6.10 Å². The van der Waals surface area contributed by atoms with Gasteiger partial charge in [-0.1, -0.05) is 115 Å². The minimum atomic E-state index is -0.577. The molecule has 8 nitrogen and oxygen atoms in total. The van der Waals surface area contributed by atoms with E-state index in [0.29, 0.717) is 35.8 Å². The summed E-state index contributed by atoms with van der Waals surface area (Å²) in [5, 5.41) is 12.6. The summed E-state index contributed by atoms with van der Waals surface area (Å²) in [6, 6.07) is 41.3. The number of para-hydroxylation sites is 1. The van der Waals surface area contributed by atoms with Crippen molar-refractivity contribution in [1.29, 1.82) is 0 Å². The van der Waals surface area contributed by atoms with Crippen LogP contribution in [0.5, 0.6) is 6.01 Å². The van der Waals surface area contributed by atoms with E-state index in [0.717, 1.165) is 33.4 Å². The lowest BCUT2D eigenvalue weighted by molar-refractivity contribution is 0.0380. The fourth-order valence-electron chi connectivity index (χ4n) is 5.41. The van der Waals surface area contributed by atoms with E-state index in [4.69, 9.17) is 19.7 Å².